The fourth-order valence-corrected chi connectivity index (χ4v) is 1.93. The number of alkyl halides is 1. The predicted molar refractivity (Wildman–Crippen MR) is 46.7 cm³/mol. The number of carbonyl (C=O) groups is 1. The number of halogens is 1. The van der Waals surface area contributed by atoms with Crippen molar-refractivity contribution in [3.63, 3.8) is 0 Å². The van der Waals surface area contributed by atoms with Crippen molar-refractivity contribution in [1.82, 2.24) is 0 Å². The van der Waals surface area contributed by atoms with Gasteiger partial charge in [0.25, 0.3) is 0 Å². The van der Waals surface area contributed by atoms with Crippen LogP contribution in [0.15, 0.2) is 0 Å². The fourth-order valence-electron chi connectivity index (χ4n) is 1.17. The van der Waals surface area contributed by atoms with Gasteiger partial charge in [-0.25, -0.2) is 0 Å². The summed E-state index contributed by atoms with van der Waals surface area (Å²) in [5, 5.41) is 0.895. The maximum Gasteiger partial charge on any atom is 0.312 e. The number of esters is 1. The lowest BCUT2D eigenvalue weighted by atomic mass is 10.1. The normalized spacial score (nSPS) is 19.5. The van der Waals surface area contributed by atoms with E-state index >= 15 is 0 Å². The molecule has 1 fully saturated rings. The van der Waals surface area contributed by atoms with Crippen LogP contribution >= 0.6 is 15.9 Å². The van der Waals surface area contributed by atoms with Gasteiger partial charge in [-0.1, -0.05) is 15.9 Å². The molecule has 0 saturated heterocycles. The molecule has 0 atom stereocenters. The molecular weight excluding hydrogens is 208 g/mol. The Bertz CT molecular complexity index is 152. The van der Waals surface area contributed by atoms with Gasteiger partial charge in [0.2, 0.25) is 0 Å². The molecule has 0 bridgehead atoms. The van der Waals surface area contributed by atoms with Crippen LogP contribution in [0.3, 0.4) is 0 Å². The Balaban J connectivity index is 2.38. The van der Waals surface area contributed by atoms with Crippen molar-refractivity contribution in [3.05, 3.63) is 0 Å². The quantitative estimate of drug-likeness (QED) is 0.536. The monoisotopic (exact) mass is 220 g/mol. The molecule has 1 saturated carbocycles. The van der Waals surface area contributed by atoms with Crippen LogP contribution < -0.4 is 0 Å². The Morgan fingerprint density at radius 3 is 2.64 bits per heavy atom. The lowest BCUT2D eigenvalue weighted by Gasteiger charge is -2.10. The fraction of sp³-hybridized carbons (Fsp3) is 0.875. The first-order valence-corrected chi connectivity index (χ1v) is 5.10. The molecule has 1 aliphatic rings. The first kappa shape index (κ1) is 9.04. The van der Waals surface area contributed by atoms with E-state index in [1.165, 1.54) is 0 Å². The molecule has 0 aromatic carbocycles. The Morgan fingerprint density at radius 1 is 1.64 bits per heavy atom. The lowest BCUT2D eigenvalue weighted by molar-refractivity contribution is -0.149. The zero-order valence-electron chi connectivity index (χ0n) is 6.73. The van der Waals surface area contributed by atoms with Crippen LogP contribution in [0.1, 0.15) is 26.2 Å². The Morgan fingerprint density at radius 2 is 2.27 bits per heavy atom. The Kier molecular flexibility index (Phi) is 2.93. The lowest BCUT2D eigenvalue weighted by Crippen LogP contribution is -2.19. The minimum atomic E-state index is -0.0977. The molecule has 0 aliphatic heterocycles. The van der Waals surface area contributed by atoms with Gasteiger partial charge in [-0.05, 0) is 26.2 Å². The van der Waals surface area contributed by atoms with Gasteiger partial charge in [-0.3, -0.25) is 4.79 Å². The van der Waals surface area contributed by atoms with Crippen molar-refractivity contribution in [2.45, 2.75) is 26.2 Å². The highest BCUT2D eigenvalue weighted by molar-refractivity contribution is 9.09. The molecule has 2 nitrogen and oxygen atoms in total. The predicted octanol–water partition coefficient (Wildman–Crippen LogP) is 2.11. The summed E-state index contributed by atoms with van der Waals surface area (Å²) in [5.74, 6) is -0.000509. The third-order valence-electron chi connectivity index (χ3n) is 2.14. The highest BCUT2D eigenvalue weighted by atomic mass is 79.9. The third kappa shape index (κ3) is 1.95. The molecule has 64 valence electrons. The number of ether oxygens (including phenoxy) is 1. The van der Waals surface area contributed by atoms with Gasteiger partial charge in [-0.2, -0.15) is 0 Å². The molecule has 0 unspecified atom stereocenters. The molecule has 1 rings (SSSR count). The minimum absolute atomic E-state index is 0.000509. The van der Waals surface area contributed by atoms with Crippen molar-refractivity contribution in [1.29, 1.82) is 0 Å². The van der Waals surface area contributed by atoms with Crippen LogP contribution in [0.25, 0.3) is 0 Å². The summed E-state index contributed by atoms with van der Waals surface area (Å²) in [6.45, 7) is 2.35. The van der Waals surface area contributed by atoms with Crippen LogP contribution in [0, 0.1) is 5.41 Å². The molecule has 0 spiro atoms. The maximum atomic E-state index is 11.3. The average molecular weight is 221 g/mol. The molecule has 0 radical (unpaired) electrons. The van der Waals surface area contributed by atoms with E-state index in [9.17, 15) is 4.79 Å². The highest BCUT2D eigenvalue weighted by Crippen LogP contribution is 2.50. The van der Waals surface area contributed by atoms with Crippen LogP contribution in [0.4, 0.5) is 0 Å². The molecule has 0 heterocycles. The summed E-state index contributed by atoms with van der Waals surface area (Å²) in [6, 6.07) is 0. The van der Waals surface area contributed by atoms with Crippen molar-refractivity contribution in [3.8, 4) is 0 Å². The van der Waals surface area contributed by atoms with E-state index in [2.05, 4.69) is 15.9 Å². The van der Waals surface area contributed by atoms with Gasteiger partial charge in [0, 0.05) is 5.33 Å². The average Bonchev–Trinajstić information content (AvgIpc) is 2.71. The molecule has 3 heteroatoms. The van der Waals surface area contributed by atoms with E-state index < -0.39 is 0 Å². The smallest absolute Gasteiger partial charge is 0.312 e. The van der Waals surface area contributed by atoms with Crippen LogP contribution in [0.2, 0.25) is 0 Å². The molecule has 0 aromatic rings. The first-order chi connectivity index (χ1) is 5.25. The van der Waals surface area contributed by atoms with Crippen molar-refractivity contribution < 1.29 is 9.53 Å². The number of carbonyl (C=O) groups excluding carboxylic acids is 1. The second kappa shape index (κ2) is 3.57. The summed E-state index contributed by atoms with van der Waals surface area (Å²) in [4.78, 5) is 11.3. The largest absolute Gasteiger partial charge is 0.466 e. The van der Waals surface area contributed by atoms with E-state index in [0.717, 1.165) is 24.6 Å². The van der Waals surface area contributed by atoms with Crippen LogP contribution in [0.5, 0.6) is 0 Å². The van der Waals surface area contributed by atoms with E-state index in [0.29, 0.717) is 6.61 Å². The Hall–Kier alpha value is -0.0500. The SMILES string of the molecule is CCOC(=O)C1(CCBr)CC1. The highest BCUT2D eigenvalue weighted by Gasteiger charge is 2.50. The van der Waals surface area contributed by atoms with Gasteiger partial charge in [0.05, 0.1) is 12.0 Å². The maximum absolute atomic E-state index is 11.3. The second-order valence-electron chi connectivity index (χ2n) is 2.94. The number of hydrogen-bond acceptors (Lipinski definition) is 2. The molecule has 11 heavy (non-hydrogen) atoms. The summed E-state index contributed by atoms with van der Waals surface area (Å²) in [7, 11) is 0. The third-order valence-corrected chi connectivity index (χ3v) is 2.53. The number of hydrogen-bond donors (Lipinski definition) is 0. The zero-order chi connectivity index (χ0) is 8.32. The second-order valence-corrected chi connectivity index (χ2v) is 3.73. The van der Waals surface area contributed by atoms with E-state index in [-0.39, 0.29) is 11.4 Å². The van der Waals surface area contributed by atoms with Crippen LogP contribution in [-0.4, -0.2) is 17.9 Å². The van der Waals surface area contributed by atoms with Crippen molar-refractivity contribution in [2.75, 3.05) is 11.9 Å². The van der Waals surface area contributed by atoms with Crippen molar-refractivity contribution >= 4 is 21.9 Å². The summed E-state index contributed by atoms with van der Waals surface area (Å²) in [5.41, 5.74) is -0.0977. The van der Waals surface area contributed by atoms with Gasteiger partial charge >= 0.3 is 5.97 Å². The van der Waals surface area contributed by atoms with Crippen LogP contribution in [-0.2, 0) is 9.53 Å². The Labute approximate surface area is 75.4 Å². The van der Waals surface area contributed by atoms with E-state index in [4.69, 9.17) is 4.74 Å². The molecule has 0 amide bonds. The molecule has 0 aromatic heterocycles. The molecular formula is C8H13BrO2. The van der Waals surface area contributed by atoms with E-state index in [1.54, 1.807) is 0 Å². The topological polar surface area (TPSA) is 26.3 Å². The van der Waals surface area contributed by atoms with E-state index in [1.807, 2.05) is 6.92 Å². The van der Waals surface area contributed by atoms with Gasteiger partial charge in [0.15, 0.2) is 0 Å². The molecule has 0 N–H and O–H groups in total. The zero-order valence-corrected chi connectivity index (χ0v) is 8.32. The summed E-state index contributed by atoms with van der Waals surface area (Å²) >= 11 is 3.34. The molecule has 1 aliphatic carbocycles. The standard InChI is InChI=1S/C8H13BrO2/c1-2-11-7(10)8(3-4-8)5-6-9/h2-6H2,1H3. The minimum Gasteiger partial charge on any atom is -0.466 e. The van der Waals surface area contributed by atoms with Gasteiger partial charge < -0.3 is 4.74 Å². The summed E-state index contributed by atoms with van der Waals surface area (Å²) < 4.78 is 4.96. The van der Waals surface area contributed by atoms with Gasteiger partial charge in [-0.15, -0.1) is 0 Å². The van der Waals surface area contributed by atoms with Crippen molar-refractivity contribution in [2.24, 2.45) is 5.41 Å². The summed E-state index contributed by atoms with van der Waals surface area (Å²) in [6.07, 6.45) is 2.95. The van der Waals surface area contributed by atoms with Gasteiger partial charge in [0.1, 0.15) is 0 Å². The number of rotatable bonds is 4. The first-order valence-electron chi connectivity index (χ1n) is 3.98.